The van der Waals surface area contributed by atoms with Gasteiger partial charge in [-0.1, -0.05) is 18.3 Å². The van der Waals surface area contributed by atoms with Crippen LogP contribution in [-0.4, -0.2) is 4.99 Å². The molecule has 6 heteroatoms. The largest absolute Gasteiger partial charge is 0.389 e. The number of nitrogens with two attached hydrogens (primary N) is 1. The highest BCUT2D eigenvalue weighted by atomic mass is 32.1. The molecule has 0 unspecified atom stereocenters. The zero-order chi connectivity index (χ0) is 14.9. The number of nitrogens with one attached hydrogen (secondary N) is 1. The van der Waals surface area contributed by atoms with Gasteiger partial charge in [0.05, 0.1) is 0 Å². The molecule has 0 aliphatic rings. The Hall–Kier alpha value is -2.08. The Bertz CT molecular complexity index is 686. The molecule has 0 aromatic heterocycles. The molecule has 20 heavy (non-hydrogen) atoms. The number of hydrogen-bond donors (Lipinski definition) is 2. The normalized spacial score (nSPS) is 10.4. The lowest BCUT2D eigenvalue weighted by Crippen LogP contribution is -2.13. The molecule has 0 radical (unpaired) electrons. The Balaban J connectivity index is 2.51. The minimum Gasteiger partial charge on any atom is -0.389 e. The number of anilines is 2. The zero-order valence-electron chi connectivity index (χ0n) is 10.5. The predicted octanol–water partition coefficient (Wildman–Crippen LogP) is 3.79. The van der Waals surface area contributed by atoms with Gasteiger partial charge in [0.2, 0.25) is 0 Å². The van der Waals surface area contributed by atoms with E-state index in [1.165, 1.54) is 19.1 Å². The molecule has 0 saturated carbocycles. The van der Waals surface area contributed by atoms with E-state index >= 15 is 0 Å². The number of halogens is 3. The Morgan fingerprint density at radius 2 is 1.85 bits per heavy atom. The molecule has 0 aliphatic carbocycles. The van der Waals surface area contributed by atoms with Crippen LogP contribution in [0.1, 0.15) is 11.1 Å². The molecule has 2 aromatic carbocycles. The van der Waals surface area contributed by atoms with E-state index in [9.17, 15) is 13.2 Å². The average Bonchev–Trinajstić information content (AvgIpc) is 2.40. The number of hydrogen-bond acceptors (Lipinski definition) is 2. The molecule has 0 atom stereocenters. The molecule has 0 bridgehead atoms. The van der Waals surface area contributed by atoms with Crippen molar-refractivity contribution in [2.24, 2.45) is 5.73 Å². The van der Waals surface area contributed by atoms with E-state index in [2.05, 4.69) is 5.32 Å². The first-order valence-electron chi connectivity index (χ1n) is 5.71. The Labute approximate surface area is 119 Å². The van der Waals surface area contributed by atoms with Crippen LogP contribution in [0.25, 0.3) is 0 Å². The van der Waals surface area contributed by atoms with Crippen LogP contribution in [0.3, 0.4) is 0 Å². The standard InChI is InChI=1S/C14H11F3N2S/c1-7-2-4-10(16)13(12(7)17)19-11-5-3-8(15)6-9(11)14(18)20/h2-6,19H,1H3,(H2,18,20). The molecule has 2 aromatic rings. The van der Waals surface area contributed by atoms with E-state index in [4.69, 9.17) is 18.0 Å². The summed E-state index contributed by atoms with van der Waals surface area (Å²) in [5.41, 5.74) is 5.86. The molecule has 104 valence electrons. The third kappa shape index (κ3) is 2.75. The summed E-state index contributed by atoms with van der Waals surface area (Å²) in [5, 5.41) is 2.57. The fraction of sp³-hybridized carbons (Fsp3) is 0.0714. The first kappa shape index (κ1) is 14.3. The molecule has 0 fully saturated rings. The molecule has 0 aliphatic heterocycles. The fourth-order valence-corrected chi connectivity index (χ4v) is 1.90. The van der Waals surface area contributed by atoms with Crippen molar-refractivity contribution in [2.75, 3.05) is 5.32 Å². The van der Waals surface area contributed by atoms with Crippen LogP contribution in [0.4, 0.5) is 24.5 Å². The third-order valence-corrected chi connectivity index (χ3v) is 3.01. The van der Waals surface area contributed by atoms with Crippen molar-refractivity contribution < 1.29 is 13.2 Å². The third-order valence-electron chi connectivity index (χ3n) is 2.79. The molecule has 0 heterocycles. The predicted molar refractivity (Wildman–Crippen MR) is 76.7 cm³/mol. The van der Waals surface area contributed by atoms with E-state index in [0.717, 1.165) is 18.2 Å². The summed E-state index contributed by atoms with van der Waals surface area (Å²) in [6.07, 6.45) is 0. The molecular weight excluding hydrogens is 285 g/mol. The Morgan fingerprint density at radius 3 is 2.50 bits per heavy atom. The van der Waals surface area contributed by atoms with Gasteiger partial charge in [0.1, 0.15) is 22.3 Å². The van der Waals surface area contributed by atoms with Crippen molar-refractivity contribution in [2.45, 2.75) is 6.92 Å². The van der Waals surface area contributed by atoms with E-state index < -0.39 is 17.5 Å². The summed E-state index contributed by atoms with van der Waals surface area (Å²) in [7, 11) is 0. The van der Waals surface area contributed by atoms with Crippen molar-refractivity contribution in [1.82, 2.24) is 0 Å². The minimum atomic E-state index is -0.758. The number of benzene rings is 2. The van der Waals surface area contributed by atoms with Gasteiger partial charge < -0.3 is 11.1 Å². The van der Waals surface area contributed by atoms with Crippen molar-refractivity contribution in [3.8, 4) is 0 Å². The zero-order valence-corrected chi connectivity index (χ0v) is 11.3. The average molecular weight is 296 g/mol. The van der Waals surface area contributed by atoms with Gasteiger partial charge in [0.15, 0.2) is 5.82 Å². The lowest BCUT2D eigenvalue weighted by Gasteiger charge is -2.13. The maximum atomic E-state index is 13.9. The van der Waals surface area contributed by atoms with Gasteiger partial charge in [-0.05, 0) is 36.8 Å². The maximum Gasteiger partial charge on any atom is 0.152 e. The lowest BCUT2D eigenvalue weighted by atomic mass is 10.1. The monoisotopic (exact) mass is 296 g/mol. The number of rotatable bonds is 3. The van der Waals surface area contributed by atoms with Gasteiger partial charge in [-0.3, -0.25) is 0 Å². The van der Waals surface area contributed by atoms with E-state index in [1.807, 2.05) is 0 Å². The van der Waals surface area contributed by atoms with Crippen molar-refractivity contribution in [1.29, 1.82) is 0 Å². The van der Waals surface area contributed by atoms with Gasteiger partial charge in [0.25, 0.3) is 0 Å². The van der Waals surface area contributed by atoms with Crippen molar-refractivity contribution in [3.63, 3.8) is 0 Å². The highest BCUT2D eigenvalue weighted by Gasteiger charge is 2.14. The molecule has 0 saturated heterocycles. The summed E-state index contributed by atoms with van der Waals surface area (Å²) in [6, 6.07) is 6.05. The summed E-state index contributed by atoms with van der Waals surface area (Å²) in [5.74, 6) is -2.02. The quantitative estimate of drug-likeness (QED) is 0.846. The molecule has 0 amide bonds. The van der Waals surface area contributed by atoms with Gasteiger partial charge in [-0.2, -0.15) is 0 Å². The number of aryl methyl sites for hydroxylation is 1. The van der Waals surface area contributed by atoms with Crippen LogP contribution in [0.5, 0.6) is 0 Å². The fourth-order valence-electron chi connectivity index (χ4n) is 1.74. The van der Waals surface area contributed by atoms with Crippen LogP contribution < -0.4 is 11.1 Å². The maximum absolute atomic E-state index is 13.9. The van der Waals surface area contributed by atoms with Gasteiger partial charge in [0, 0.05) is 11.3 Å². The molecule has 0 spiro atoms. The van der Waals surface area contributed by atoms with E-state index in [0.29, 0.717) is 0 Å². The summed E-state index contributed by atoms with van der Waals surface area (Å²) < 4.78 is 40.8. The van der Waals surface area contributed by atoms with Crippen LogP contribution >= 0.6 is 12.2 Å². The van der Waals surface area contributed by atoms with Crippen LogP contribution in [-0.2, 0) is 0 Å². The van der Waals surface area contributed by atoms with Crippen molar-refractivity contribution >= 4 is 28.6 Å². The molecule has 3 N–H and O–H groups in total. The second kappa shape index (κ2) is 5.50. The first-order chi connectivity index (χ1) is 9.40. The highest BCUT2D eigenvalue weighted by Crippen LogP contribution is 2.27. The second-order valence-electron chi connectivity index (χ2n) is 4.23. The summed E-state index contributed by atoms with van der Waals surface area (Å²) in [4.78, 5) is -0.0690. The number of thiocarbonyl (C=S) groups is 1. The molecule has 2 rings (SSSR count). The molecule has 2 nitrogen and oxygen atoms in total. The smallest absolute Gasteiger partial charge is 0.152 e. The lowest BCUT2D eigenvalue weighted by molar-refractivity contribution is 0.585. The van der Waals surface area contributed by atoms with Crippen LogP contribution in [0, 0.1) is 24.4 Å². The summed E-state index contributed by atoms with van der Waals surface area (Å²) >= 11 is 4.80. The SMILES string of the molecule is Cc1ccc(F)c(Nc2ccc(F)cc2C(N)=S)c1F. The first-order valence-corrected chi connectivity index (χ1v) is 6.12. The van der Waals surface area contributed by atoms with Gasteiger partial charge >= 0.3 is 0 Å². The summed E-state index contributed by atoms with van der Waals surface area (Å²) in [6.45, 7) is 1.51. The Morgan fingerprint density at radius 1 is 1.15 bits per heavy atom. The van der Waals surface area contributed by atoms with E-state index in [-0.39, 0.29) is 27.5 Å². The van der Waals surface area contributed by atoms with E-state index in [1.54, 1.807) is 0 Å². The minimum absolute atomic E-state index is 0.0690. The Kier molecular flexibility index (Phi) is 3.94. The molecular formula is C14H11F3N2S. The van der Waals surface area contributed by atoms with Gasteiger partial charge in [-0.25, -0.2) is 13.2 Å². The van der Waals surface area contributed by atoms with Gasteiger partial charge in [-0.15, -0.1) is 0 Å². The highest BCUT2D eigenvalue weighted by molar-refractivity contribution is 7.80. The topological polar surface area (TPSA) is 38.0 Å². The van der Waals surface area contributed by atoms with Crippen molar-refractivity contribution in [3.05, 3.63) is 58.9 Å². The van der Waals surface area contributed by atoms with Crippen LogP contribution in [0.2, 0.25) is 0 Å². The second-order valence-corrected chi connectivity index (χ2v) is 4.67. The van der Waals surface area contributed by atoms with Crippen LogP contribution in [0.15, 0.2) is 30.3 Å².